The first kappa shape index (κ1) is 26.6. The largest absolute Gasteiger partial charge is 0.388 e. The molecule has 0 bridgehead atoms. The van der Waals surface area contributed by atoms with E-state index in [4.69, 9.17) is 9.47 Å². The molecule has 0 spiro atoms. The van der Waals surface area contributed by atoms with Crippen LogP contribution in [0.3, 0.4) is 0 Å². The van der Waals surface area contributed by atoms with Crippen LogP contribution in [-0.2, 0) is 9.47 Å². The molecular weight excluding hydrogens is 368 g/mol. The number of hydrogen-bond acceptors (Lipinski definition) is 5. The Hall–Kier alpha value is -0.460. The fraction of sp³-hybridized carbons (Fsp3) is 0.917. The molecule has 1 saturated heterocycles. The topological polar surface area (TPSA) is 79.2 Å². The van der Waals surface area contributed by atoms with Gasteiger partial charge in [0.2, 0.25) is 0 Å². The second-order valence-corrected chi connectivity index (χ2v) is 8.45. The predicted molar refractivity (Wildman–Crippen MR) is 118 cm³/mol. The highest BCUT2D eigenvalue weighted by molar-refractivity contribution is 4.87. The highest BCUT2D eigenvalue weighted by atomic mass is 16.5. The molecule has 5 heteroatoms. The third kappa shape index (κ3) is 13.5. The SMILES string of the molecule is C/C=C/CCCCCCCCCCCCCCCOC[C@H](O)[C@@H]1OC[C@@H](O)[C@@H]1O. The molecule has 1 rings (SSSR count). The van der Waals surface area contributed by atoms with Crippen LogP contribution in [0.4, 0.5) is 0 Å². The maximum Gasteiger partial charge on any atom is 0.114 e. The van der Waals surface area contributed by atoms with Crippen molar-refractivity contribution in [2.24, 2.45) is 0 Å². The van der Waals surface area contributed by atoms with Crippen LogP contribution in [0.1, 0.15) is 96.8 Å². The first-order valence-corrected chi connectivity index (χ1v) is 12.0. The van der Waals surface area contributed by atoms with Gasteiger partial charge in [-0.3, -0.25) is 0 Å². The summed E-state index contributed by atoms with van der Waals surface area (Å²) < 4.78 is 10.7. The Bertz CT molecular complexity index is 387. The van der Waals surface area contributed by atoms with Crippen LogP contribution < -0.4 is 0 Å². The Morgan fingerprint density at radius 3 is 1.86 bits per heavy atom. The fourth-order valence-corrected chi connectivity index (χ4v) is 3.84. The van der Waals surface area contributed by atoms with E-state index in [-0.39, 0.29) is 13.2 Å². The smallest absolute Gasteiger partial charge is 0.114 e. The Balaban J connectivity index is 1.75. The molecule has 1 fully saturated rings. The molecular formula is C24H46O5. The van der Waals surface area contributed by atoms with Crippen molar-refractivity contribution in [3.8, 4) is 0 Å². The van der Waals surface area contributed by atoms with Gasteiger partial charge in [0.05, 0.1) is 13.2 Å². The summed E-state index contributed by atoms with van der Waals surface area (Å²) >= 11 is 0. The van der Waals surface area contributed by atoms with Crippen molar-refractivity contribution in [2.45, 2.75) is 121 Å². The van der Waals surface area contributed by atoms with Crippen molar-refractivity contribution >= 4 is 0 Å². The first-order chi connectivity index (χ1) is 14.2. The summed E-state index contributed by atoms with van der Waals surface area (Å²) in [5.41, 5.74) is 0. The highest BCUT2D eigenvalue weighted by Gasteiger charge is 2.39. The average Bonchev–Trinajstić information content (AvgIpc) is 3.05. The molecule has 5 nitrogen and oxygen atoms in total. The fourth-order valence-electron chi connectivity index (χ4n) is 3.84. The number of allylic oxidation sites excluding steroid dienone is 2. The lowest BCUT2D eigenvalue weighted by atomic mass is 10.0. The molecule has 0 saturated carbocycles. The summed E-state index contributed by atoms with van der Waals surface area (Å²) in [6.45, 7) is 2.93. The van der Waals surface area contributed by atoms with Crippen LogP contribution in [0.15, 0.2) is 12.2 Å². The number of aliphatic hydroxyl groups excluding tert-OH is 3. The van der Waals surface area contributed by atoms with Crippen LogP contribution in [0.25, 0.3) is 0 Å². The molecule has 1 aliphatic rings. The molecule has 1 aliphatic heterocycles. The van der Waals surface area contributed by atoms with Gasteiger partial charge in [-0.2, -0.15) is 0 Å². The molecule has 4 atom stereocenters. The molecule has 0 radical (unpaired) electrons. The van der Waals surface area contributed by atoms with Gasteiger partial charge < -0.3 is 24.8 Å². The monoisotopic (exact) mass is 414 g/mol. The summed E-state index contributed by atoms with van der Waals surface area (Å²) in [6, 6.07) is 0. The van der Waals surface area contributed by atoms with Gasteiger partial charge in [-0.15, -0.1) is 0 Å². The van der Waals surface area contributed by atoms with Crippen LogP contribution >= 0.6 is 0 Å². The number of hydrogen-bond donors (Lipinski definition) is 3. The van der Waals surface area contributed by atoms with E-state index in [1.54, 1.807) is 0 Å². The normalized spacial score (nSPS) is 23.2. The Labute approximate surface area is 178 Å². The Morgan fingerprint density at radius 1 is 0.862 bits per heavy atom. The van der Waals surface area contributed by atoms with Crippen molar-refractivity contribution < 1.29 is 24.8 Å². The molecule has 1 heterocycles. The lowest BCUT2D eigenvalue weighted by molar-refractivity contribution is -0.0813. The number of ether oxygens (including phenoxy) is 2. The number of unbranched alkanes of at least 4 members (excludes halogenated alkanes) is 13. The lowest BCUT2D eigenvalue weighted by Crippen LogP contribution is -2.40. The first-order valence-electron chi connectivity index (χ1n) is 12.0. The second kappa shape index (κ2) is 18.3. The zero-order valence-corrected chi connectivity index (χ0v) is 18.6. The average molecular weight is 415 g/mol. The van der Waals surface area contributed by atoms with Crippen LogP contribution in [0, 0.1) is 0 Å². The van der Waals surface area contributed by atoms with Gasteiger partial charge >= 0.3 is 0 Å². The van der Waals surface area contributed by atoms with Gasteiger partial charge in [-0.25, -0.2) is 0 Å². The van der Waals surface area contributed by atoms with Gasteiger partial charge in [-0.1, -0.05) is 82.8 Å². The third-order valence-corrected chi connectivity index (χ3v) is 5.75. The van der Waals surface area contributed by atoms with Crippen molar-refractivity contribution in [3.63, 3.8) is 0 Å². The van der Waals surface area contributed by atoms with Crippen molar-refractivity contribution in [2.75, 3.05) is 19.8 Å². The molecule has 3 N–H and O–H groups in total. The molecule has 0 amide bonds. The summed E-state index contributed by atoms with van der Waals surface area (Å²) in [5.74, 6) is 0. The van der Waals surface area contributed by atoms with E-state index in [9.17, 15) is 15.3 Å². The van der Waals surface area contributed by atoms with E-state index in [0.717, 1.165) is 12.8 Å². The van der Waals surface area contributed by atoms with Gasteiger partial charge in [-0.05, 0) is 26.2 Å². The van der Waals surface area contributed by atoms with Crippen LogP contribution in [0.5, 0.6) is 0 Å². The Kier molecular flexibility index (Phi) is 16.8. The van der Waals surface area contributed by atoms with Crippen LogP contribution in [-0.4, -0.2) is 59.6 Å². The Morgan fingerprint density at radius 2 is 1.38 bits per heavy atom. The summed E-state index contributed by atoms with van der Waals surface area (Å²) in [4.78, 5) is 0. The number of rotatable bonds is 19. The van der Waals surface area contributed by atoms with Gasteiger partial charge in [0, 0.05) is 6.61 Å². The predicted octanol–water partition coefficient (Wildman–Crippen LogP) is 4.52. The molecule has 0 aromatic heterocycles. The van der Waals surface area contributed by atoms with E-state index in [0.29, 0.717) is 6.61 Å². The van der Waals surface area contributed by atoms with Gasteiger partial charge in [0.25, 0.3) is 0 Å². The van der Waals surface area contributed by atoms with E-state index < -0.39 is 24.4 Å². The maximum atomic E-state index is 9.95. The minimum Gasteiger partial charge on any atom is -0.388 e. The van der Waals surface area contributed by atoms with E-state index in [1.807, 2.05) is 0 Å². The molecule has 29 heavy (non-hydrogen) atoms. The molecule has 0 unspecified atom stereocenters. The second-order valence-electron chi connectivity index (χ2n) is 8.45. The molecule has 0 aliphatic carbocycles. The maximum absolute atomic E-state index is 9.95. The minimum atomic E-state index is -1.03. The lowest BCUT2D eigenvalue weighted by Gasteiger charge is -2.20. The van der Waals surface area contributed by atoms with E-state index >= 15 is 0 Å². The molecule has 0 aromatic carbocycles. The van der Waals surface area contributed by atoms with E-state index in [1.165, 1.54) is 77.0 Å². The third-order valence-electron chi connectivity index (χ3n) is 5.75. The van der Waals surface area contributed by atoms with E-state index in [2.05, 4.69) is 19.1 Å². The van der Waals surface area contributed by atoms with Gasteiger partial charge in [0.15, 0.2) is 0 Å². The van der Waals surface area contributed by atoms with Crippen molar-refractivity contribution in [3.05, 3.63) is 12.2 Å². The van der Waals surface area contributed by atoms with Crippen molar-refractivity contribution in [1.29, 1.82) is 0 Å². The highest BCUT2D eigenvalue weighted by Crippen LogP contribution is 2.18. The standard InChI is InChI=1S/C24H46O5/c1-2-3-4-5-6-7-8-9-10-11-12-13-14-15-16-17-18-28-19-22(26)24-23(27)21(25)20-29-24/h2-3,21-27H,4-20H2,1H3/b3-2+/t21-,22+,23+,24+/m1/s1. The van der Waals surface area contributed by atoms with Crippen molar-refractivity contribution in [1.82, 2.24) is 0 Å². The number of aliphatic hydroxyl groups is 3. The van der Waals surface area contributed by atoms with Gasteiger partial charge in [0.1, 0.15) is 24.4 Å². The minimum absolute atomic E-state index is 0.0695. The summed E-state index contributed by atoms with van der Waals surface area (Å²) in [7, 11) is 0. The summed E-state index contributed by atoms with van der Waals surface area (Å²) in [5, 5.41) is 29.1. The van der Waals surface area contributed by atoms with Crippen LogP contribution in [0.2, 0.25) is 0 Å². The zero-order chi connectivity index (χ0) is 21.2. The quantitative estimate of drug-likeness (QED) is 0.214. The zero-order valence-electron chi connectivity index (χ0n) is 18.6. The molecule has 172 valence electrons. The molecule has 0 aromatic rings. The summed E-state index contributed by atoms with van der Waals surface area (Å²) in [6.07, 6.45) is 19.2.